The van der Waals surface area contributed by atoms with Gasteiger partial charge in [0.15, 0.2) is 0 Å². The molecule has 0 aliphatic carbocycles. The van der Waals surface area contributed by atoms with E-state index < -0.39 is 11.6 Å². The molecule has 0 amide bonds. The topological polar surface area (TPSA) is 38.0 Å². The van der Waals surface area contributed by atoms with Crippen LogP contribution in [0, 0.1) is 11.6 Å². The largest absolute Gasteiger partial charge is 0.271 e. The van der Waals surface area contributed by atoms with Gasteiger partial charge < -0.3 is 0 Å². The zero-order valence-corrected chi connectivity index (χ0v) is 11.8. The highest BCUT2D eigenvalue weighted by molar-refractivity contribution is 6.34. The van der Waals surface area contributed by atoms with Gasteiger partial charge in [0.25, 0.3) is 0 Å². The quantitative estimate of drug-likeness (QED) is 0.660. The minimum atomic E-state index is -0.616. The second-order valence-corrected chi connectivity index (χ2v) is 5.23. The Morgan fingerprint density at radius 3 is 2.25 bits per heavy atom. The van der Waals surface area contributed by atoms with Gasteiger partial charge in [-0.15, -0.1) is 0 Å². The first kappa shape index (κ1) is 15.2. The van der Waals surface area contributed by atoms with Crippen molar-refractivity contribution in [3.8, 4) is 0 Å². The predicted octanol–water partition coefficient (Wildman–Crippen LogP) is 4.02. The summed E-state index contributed by atoms with van der Waals surface area (Å²) in [6.45, 7) is 0. The highest BCUT2D eigenvalue weighted by atomic mass is 35.5. The van der Waals surface area contributed by atoms with Crippen molar-refractivity contribution >= 4 is 23.2 Å². The van der Waals surface area contributed by atoms with Crippen molar-refractivity contribution in [1.82, 2.24) is 5.43 Å². The van der Waals surface area contributed by atoms with Gasteiger partial charge in [0.2, 0.25) is 0 Å². The molecule has 0 bridgehead atoms. The van der Waals surface area contributed by atoms with Crippen LogP contribution in [0.3, 0.4) is 0 Å². The molecular formula is C14H12Cl2F2N2. The number of rotatable bonds is 4. The van der Waals surface area contributed by atoms with Gasteiger partial charge in [-0.05, 0) is 41.8 Å². The van der Waals surface area contributed by atoms with Crippen LogP contribution >= 0.6 is 23.2 Å². The number of benzene rings is 2. The molecule has 1 unspecified atom stereocenters. The Balaban J connectivity index is 2.28. The molecule has 3 N–H and O–H groups in total. The lowest BCUT2D eigenvalue weighted by Gasteiger charge is -2.17. The molecule has 0 radical (unpaired) electrons. The van der Waals surface area contributed by atoms with Gasteiger partial charge in [0.1, 0.15) is 11.6 Å². The Bertz CT molecular complexity index is 600. The number of halogens is 4. The van der Waals surface area contributed by atoms with Crippen molar-refractivity contribution in [2.75, 3.05) is 0 Å². The van der Waals surface area contributed by atoms with Gasteiger partial charge in [0.05, 0.1) is 6.04 Å². The van der Waals surface area contributed by atoms with Crippen LogP contribution in [-0.4, -0.2) is 0 Å². The number of hydrazine groups is 1. The van der Waals surface area contributed by atoms with Crippen LogP contribution in [0.1, 0.15) is 17.2 Å². The van der Waals surface area contributed by atoms with Gasteiger partial charge in [-0.1, -0.05) is 29.3 Å². The van der Waals surface area contributed by atoms with Crippen molar-refractivity contribution in [1.29, 1.82) is 0 Å². The van der Waals surface area contributed by atoms with E-state index in [1.807, 2.05) is 0 Å². The van der Waals surface area contributed by atoms with E-state index in [0.717, 1.165) is 11.6 Å². The van der Waals surface area contributed by atoms with Crippen molar-refractivity contribution in [3.05, 3.63) is 69.2 Å². The first-order chi connectivity index (χ1) is 9.49. The summed E-state index contributed by atoms with van der Waals surface area (Å²) in [5.41, 5.74) is 3.67. The minimum absolute atomic E-state index is 0.249. The highest BCUT2D eigenvalue weighted by Crippen LogP contribution is 2.26. The lowest BCUT2D eigenvalue weighted by molar-refractivity contribution is 0.522. The monoisotopic (exact) mass is 316 g/mol. The first-order valence-corrected chi connectivity index (χ1v) is 6.61. The molecule has 0 aliphatic heterocycles. The maximum Gasteiger partial charge on any atom is 0.129 e. The molecule has 2 rings (SSSR count). The fraction of sp³-hybridized carbons (Fsp3) is 0.143. The Morgan fingerprint density at radius 2 is 1.70 bits per heavy atom. The van der Waals surface area contributed by atoms with Crippen LogP contribution in [0.25, 0.3) is 0 Å². The molecule has 0 saturated heterocycles. The van der Waals surface area contributed by atoms with E-state index in [-0.39, 0.29) is 12.5 Å². The van der Waals surface area contributed by atoms with E-state index in [1.54, 1.807) is 18.2 Å². The normalized spacial score (nSPS) is 12.4. The maximum atomic E-state index is 13.7. The summed E-state index contributed by atoms with van der Waals surface area (Å²) in [6, 6.07) is 8.04. The zero-order chi connectivity index (χ0) is 14.7. The Kier molecular flexibility index (Phi) is 4.94. The van der Waals surface area contributed by atoms with Crippen LogP contribution in [0.2, 0.25) is 10.0 Å². The summed E-state index contributed by atoms with van der Waals surface area (Å²) in [5.74, 6) is 4.27. The molecule has 2 aromatic carbocycles. The van der Waals surface area contributed by atoms with Crippen LogP contribution < -0.4 is 11.3 Å². The van der Waals surface area contributed by atoms with Gasteiger partial charge in [-0.3, -0.25) is 11.3 Å². The van der Waals surface area contributed by atoms with Gasteiger partial charge in [-0.2, -0.15) is 0 Å². The van der Waals surface area contributed by atoms with Crippen LogP contribution in [0.5, 0.6) is 0 Å². The summed E-state index contributed by atoms with van der Waals surface area (Å²) in [6.07, 6.45) is 0.249. The molecule has 106 valence electrons. The first-order valence-electron chi connectivity index (χ1n) is 5.85. The number of nitrogens with one attached hydrogen (secondary N) is 1. The average molecular weight is 317 g/mol. The van der Waals surface area contributed by atoms with Crippen molar-refractivity contribution in [2.24, 2.45) is 5.84 Å². The predicted molar refractivity (Wildman–Crippen MR) is 76.6 cm³/mol. The fourth-order valence-corrected chi connectivity index (χ4v) is 2.50. The molecule has 2 nitrogen and oxygen atoms in total. The molecule has 1 atom stereocenters. The van der Waals surface area contributed by atoms with Gasteiger partial charge in [-0.25, -0.2) is 8.78 Å². The Hall–Kier alpha value is -1.20. The highest BCUT2D eigenvalue weighted by Gasteiger charge is 2.15. The van der Waals surface area contributed by atoms with Crippen molar-refractivity contribution < 1.29 is 8.78 Å². The summed E-state index contributed by atoms with van der Waals surface area (Å²) >= 11 is 11.9. The fourth-order valence-electron chi connectivity index (χ4n) is 1.96. The van der Waals surface area contributed by atoms with Crippen molar-refractivity contribution in [3.63, 3.8) is 0 Å². The van der Waals surface area contributed by atoms with E-state index in [4.69, 9.17) is 29.0 Å². The van der Waals surface area contributed by atoms with E-state index in [1.165, 1.54) is 12.1 Å². The third kappa shape index (κ3) is 3.67. The molecule has 0 spiro atoms. The van der Waals surface area contributed by atoms with Gasteiger partial charge in [0, 0.05) is 16.1 Å². The smallest absolute Gasteiger partial charge is 0.129 e. The summed E-state index contributed by atoms with van der Waals surface area (Å²) in [5, 5.41) is 0.930. The second-order valence-electron chi connectivity index (χ2n) is 4.36. The van der Waals surface area contributed by atoms with E-state index in [9.17, 15) is 8.78 Å². The minimum Gasteiger partial charge on any atom is -0.271 e. The number of nitrogens with two attached hydrogens (primary N) is 1. The lowest BCUT2D eigenvalue weighted by atomic mass is 9.99. The zero-order valence-electron chi connectivity index (χ0n) is 10.3. The molecule has 0 aromatic heterocycles. The average Bonchev–Trinajstić information content (AvgIpc) is 2.36. The summed E-state index contributed by atoms with van der Waals surface area (Å²) in [7, 11) is 0. The molecule has 0 heterocycles. The van der Waals surface area contributed by atoms with E-state index in [2.05, 4.69) is 5.43 Å². The standard InChI is InChI=1S/C14H12Cl2F2N2/c15-10-3-9(4-11(16)6-10)14(20-19)5-8-1-2-12(17)7-13(8)18/h1-4,6-7,14,20H,5,19H2. The number of hydrogen-bond acceptors (Lipinski definition) is 2. The van der Waals surface area contributed by atoms with Crippen LogP contribution in [0.4, 0.5) is 8.78 Å². The van der Waals surface area contributed by atoms with E-state index >= 15 is 0 Å². The van der Waals surface area contributed by atoms with Crippen molar-refractivity contribution in [2.45, 2.75) is 12.5 Å². The van der Waals surface area contributed by atoms with Crippen LogP contribution in [0.15, 0.2) is 36.4 Å². The third-order valence-electron chi connectivity index (χ3n) is 2.93. The SMILES string of the molecule is NNC(Cc1ccc(F)cc1F)c1cc(Cl)cc(Cl)c1. The Labute approximate surface area is 125 Å². The van der Waals surface area contributed by atoms with E-state index in [0.29, 0.717) is 15.6 Å². The molecular weight excluding hydrogens is 305 g/mol. The maximum absolute atomic E-state index is 13.7. The molecule has 0 saturated carbocycles. The second kappa shape index (κ2) is 6.50. The van der Waals surface area contributed by atoms with Crippen LogP contribution in [-0.2, 0) is 6.42 Å². The molecule has 2 aromatic rings. The van der Waals surface area contributed by atoms with Gasteiger partial charge >= 0.3 is 0 Å². The molecule has 6 heteroatoms. The summed E-state index contributed by atoms with van der Waals surface area (Å²) in [4.78, 5) is 0. The number of hydrogen-bond donors (Lipinski definition) is 2. The third-order valence-corrected chi connectivity index (χ3v) is 3.36. The molecule has 0 aliphatic rings. The summed E-state index contributed by atoms with van der Waals surface area (Å²) < 4.78 is 26.5. The lowest BCUT2D eigenvalue weighted by Crippen LogP contribution is -2.29. The molecule has 0 fully saturated rings. The molecule has 20 heavy (non-hydrogen) atoms. The Morgan fingerprint density at radius 1 is 1.05 bits per heavy atom.